The summed E-state index contributed by atoms with van der Waals surface area (Å²) in [6, 6.07) is 62.7. The number of rotatable bonds is 5. The van der Waals surface area contributed by atoms with Crippen LogP contribution in [-0.4, -0.2) is 19.5 Å². The molecule has 8 aromatic carbocycles. The lowest BCUT2D eigenvalue weighted by Crippen LogP contribution is -2.00. The van der Waals surface area contributed by atoms with Crippen molar-refractivity contribution < 1.29 is 8.83 Å². The Hall–Kier alpha value is -7.83. The van der Waals surface area contributed by atoms with Gasteiger partial charge in [-0.25, -0.2) is 15.0 Å². The normalized spacial score (nSPS) is 11.9. The molecule has 0 radical (unpaired) electrons. The van der Waals surface area contributed by atoms with E-state index in [1.54, 1.807) is 0 Å². The average Bonchev–Trinajstić information content (AvgIpc) is 3.95. The van der Waals surface area contributed by atoms with Crippen LogP contribution in [0.2, 0.25) is 0 Å². The Morgan fingerprint density at radius 2 is 0.895 bits per heavy atom. The third-order valence-electron chi connectivity index (χ3n) is 11.1. The molecule has 0 N–H and O–H groups in total. The Morgan fingerprint density at radius 3 is 1.60 bits per heavy atom. The zero-order valence-electron chi connectivity index (χ0n) is 30.4. The van der Waals surface area contributed by atoms with Crippen molar-refractivity contribution in [2.45, 2.75) is 0 Å². The highest BCUT2D eigenvalue weighted by molar-refractivity contribution is 6.13. The molecule has 6 heteroatoms. The van der Waals surface area contributed by atoms with Crippen molar-refractivity contribution in [1.82, 2.24) is 19.5 Å². The van der Waals surface area contributed by atoms with Crippen LogP contribution in [0, 0.1) is 0 Å². The van der Waals surface area contributed by atoms with E-state index in [1.807, 2.05) is 66.7 Å². The lowest BCUT2D eigenvalue weighted by atomic mass is 10.00. The van der Waals surface area contributed by atoms with Crippen LogP contribution < -0.4 is 0 Å². The van der Waals surface area contributed by atoms with Gasteiger partial charge in [-0.15, -0.1) is 0 Å². The lowest BCUT2D eigenvalue weighted by molar-refractivity contribution is 0.668. The number of benzene rings is 8. The first-order valence-electron chi connectivity index (χ1n) is 19.0. The van der Waals surface area contributed by atoms with Crippen molar-refractivity contribution >= 4 is 65.7 Å². The Bertz CT molecular complexity index is 3410. The maximum absolute atomic E-state index is 6.66. The van der Waals surface area contributed by atoms with E-state index >= 15 is 0 Å². The van der Waals surface area contributed by atoms with Gasteiger partial charge in [0.25, 0.3) is 0 Å². The van der Waals surface area contributed by atoms with Crippen LogP contribution >= 0.6 is 0 Å². The standard InChI is InChI=1S/C51H30N4O2/c1-3-12-31(13-4-1)49-52-50(32-14-5-2-6-15-32)54-51(53-49)34-22-25-39-41-28-33(23-26-45(41)56-47(39)29-34)36-18-11-19-40-42-30-35(24-27-46(42)57-48(36)40)55-43-20-9-7-16-37(43)38-17-8-10-21-44(38)55/h1-30H. The van der Waals surface area contributed by atoms with E-state index in [0.29, 0.717) is 17.5 Å². The van der Waals surface area contributed by atoms with Crippen molar-refractivity contribution in [2.75, 3.05) is 0 Å². The SMILES string of the molecule is c1ccc(-c2nc(-c3ccccc3)nc(-c3ccc4c(c3)oc3ccc(-c5cccc6c5oc5ccc(-n7c8ccccc8c8ccccc87)cc56)cc34)n2)cc1. The van der Waals surface area contributed by atoms with Gasteiger partial charge in [0.1, 0.15) is 22.3 Å². The zero-order valence-corrected chi connectivity index (χ0v) is 30.4. The fourth-order valence-corrected chi connectivity index (χ4v) is 8.38. The van der Waals surface area contributed by atoms with E-state index in [1.165, 1.54) is 21.8 Å². The van der Waals surface area contributed by atoms with Crippen molar-refractivity contribution in [3.8, 4) is 51.0 Å². The number of para-hydroxylation sites is 3. The zero-order chi connectivity index (χ0) is 37.5. The van der Waals surface area contributed by atoms with Gasteiger partial charge in [-0.1, -0.05) is 127 Å². The van der Waals surface area contributed by atoms with Gasteiger partial charge < -0.3 is 13.4 Å². The third kappa shape index (κ3) is 5.01. The molecule has 0 unspecified atom stereocenters. The first-order chi connectivity index (χ1) is 28.2. The summed E-state index contributed by atoms with van der Waals surface area (Å²) < 4.78 is 15.5. The van der Waals surface area contributed by atoms with Crippen LogP contribution in [0.25, 0.3) is 117 Å². The minimum atomic E-state index is 0.587. The monoisotopic (exact) mass is 730 g/mol. The molecule has 0 amide bonds. The molecule has 4 heterocycles. The predicted molar refractivity (Wildman–Crippen MR) is 230 cm³/mol. The Labute approximate surface area is 325 Å². The number of fused-ring (bicyclic) bond motifs is 9. The molecule has 6 nitrogen and oxygen atoms in total. The van der Waals surface area contributed by atoms with Crippen molar-refractivity contribution in [2.24, 2.45) is 0 Å². The summed E-state index contributed by atoms with van der Waals surface area (Å²) in [5, 5.41) is 6.69. The fourth-order valence-electron chi connectivity index (χ4n) is 8.38. The quantitative estimate of drug-likeness (QED) is 0.176. The minimum Gasteiger partial charge on any atom is -0.456 e. The molecule has 0 aliphatic heterocycles. The largest absolute Gasteiger partial charge is 0.456 e. The van der Waals surface area contributed by atoms with Gasteiger partial charge >= 0.3 is 0 Å². The summed E-state index contributed by atoms with van der Waals surface area (Å²) in [6.07, 6.45) is 0. The third-order valence-corrected chi connectivity index (χ3v) is 11.1. The summed E-state index contributed by atoms with van der Waals surface area (Å²) in [5.74, 6) is 1.83. The second-order valence-electron chi connectivity index (χ2n) is 14.4. The molecule has 0 saturated carbocycles. The molecular formula is C51H30N4O2. The maximum atomic E-state index is 6.66. The van der Waals surface area contributed by atoms with Crippen LogP contribution in [0.4, 0.5) is 0 Å². The molecule has 0 fully saturated rings. The van der Waals surface area contributed by atoms with E-state index in [4.69, 9.17) is 23.8 Å². The van der Waals surface area contributed by atoms with E-state index < -0.39 is 0 Å². The highest BCUT2D eigenvalue weighted by Gasteiger charge is 2.18. The van der Waals surface area contributed by atoms with E-state index in [-0.39, 0.29) is 0 Å². The summed E-state index contributed by atoms with van der Waals surface area (Å²) >= 11 is 0. The molecule has 0 spiro atoms. The van der Waals surface area contributed by atoms with Gasteiger partial charge in [-0.2, -0.15) is 0 Å². The predicted octanol–water partition coefficient (Wildman–Crippen LogP) is 13.4. The molecule has 4 aromatic heterocycles. The molecule has 0 aliphatic carbocycles. The van der Waals surface area contributed by atoms with Crippen molar-refractivity contribution in [1.29, 1.82) is 0 Å². The van der Waals surface area contributed by atoms with Crippen LogP contribution in [-0.2, 0) is 0 Å². The van der Waals surface area contributed by atoms with Crippen LogP contribution in [0.1, 0.15) is 0 Å². The summed E-state index contributed by atoms with van der Waals surface area (Å²) in [6.45, 7) is 0. The lowest BCUT2D eigenvalue weighted by Gasteiger charge is -2.08. The van der Waals surface area contributed by atoms with Gasteiger partial charge in [-0.3, -0.25) is 0 Å². The minimum absolute atomic E-state index is 0.587. The summed E-state index contributed by atoms with van der Waals surface area (Å²) in [4.78, 5) is 14.7. The van der Waals surface area contributed by atoms with E-state index in [9.17, 15) is 0 Å². The van der Waals surface area contributed by atoms with Crippen LogP contribution in [0.5, 0.6) is 0 Å². The Morgan fingerprint density at radius 1 is 0.333 bits per heavy atom. The number of hydrogen-bond acceptors (Lipinski definition) is 5. The van der Waals surface area contributed by atoms with E-state index in [0.717, 1.165) is 77.4 Å². The average molecular weight is 731 g/mol. The Kier molecular flexibility index (Phi) is 6.83. The highest BCUT2D eigenvalue weighted by Crippen LogP contribution is 2.41. The highest BCUT2D eigenvalue weighted by atomic mass is 16.3. The van der Waals surface area contributed by atoms with Gasteiger partial charge in [0.2, 0.25) is 0 Å². The summed E-state index contributed by atoms with van der Waals surface area (Å²) in [5.41, 5.74) is 11.6. The molecule has 0 saturated heterocycles. The molecular weight excluding hydrogens is 701 g/mol. The first kappa shape index (κ1) is 31.5. The number of aromatic nitrogens is 4. The number of nitrogens with zero attached hydrogens (tertiary/aromatic N) is 4. The molecule has 0 bridgehead atoms. The van der Waals surface area contributed by atoms with Crippen molar-refractivity contribution in [3.05, 3.63) is 182 Å². The van der Waals surface area contributed by atoms with Crippen LogP contribution in [0.3, 0.4) is 0 Å². The molecule has 12 rings (SSSR count). The van der Waals surface area contributed by atoms with Gasteiger partial charge in [0, 0.05) is 60.3 Å². The molecule has 266 valence electrons. The summed E-state index contributed by atoms with van der Waals surface area (Å²) in [7, 11) is 0. The maximum Gasteiger partial charge on any atom is 0.164 e. The fraction of sp³-hybridized carbons (Fsp3) is 0. The van der Waals surface area contributed by atoms with Crippen molar-refractivity contribution in [3.63, 3.8) is 0 Å². The van der Waals surface area contributed by atoms with Crippen LogP contribution in [0.15, 0.2) is 191 Å². The number of hydrogen-bond donors (Lipinski definition) is 0. The Balaban J connectivity index is 0.959. The van der Waals surface area contributed by atoms with Gasteiger partial charge in [0.15, 0.2) is 17.5 Å². The second-order valence-corrected chi connectivity index (χ2v) is 14.4. The van der Waals surface area contributed by atoms with Gasteiger partial charge in [-0.05, 0) is 60.2 Å². The first-order valence-corrected chi connectivity index (χ1v) is 19.0. The van der Waals surface area contributed by atoms with E-state index in [2.05, 4.69) is 120 Å². The molecule has 0 atom stereocenters. The smallest absolute Gasteiger partial charge is 0.164 e. The molecule has 0 aliphatic rings. The molecule has 12 aromatic rings. The topological polar surface area (TPSA) is 69.9 Å². The number of furan rings is 2. The second kappa shape index (κ2) is 12.3. The molecule has 57 heavy (non-hydrogen) atoms. The van der Waals surface area contributed by atoms with Gasteiger partial charge in [0.05, 0.1) is 11.0 Å².